The van der Waals surface area contributed by atoms with Gasteiger partial charge in [0.2, 0.25) is 5.91 Å². The first kappa shape index (κ1) is 16.4. The van der Waals surface area contributed by atoms with E-state index in [9.17, 15) is 14.4 Å². The largest absolute Gasteiger partial charge is 0.481 e. The van der Waals surface area contributed by atoms with Crippen molar-refractivity contribution in [3.05, 3.63) is 0 Å². The molecule has 7 nitrogen and oxygen atoms in total. The average Bonchev–Trinajstić information content (AvgIpc) is 2.19. The van der Waals surface area contributed by atoms with E-state index in [0.717, 1.165) is 0 Å². The number of rotatable bonds is 6. The van der Waals surface area contributed by atoms with Crippen molar-refractivity contribution < 1.29 is 24.6 Å². The van der Waals surface area contributed by atoms with Crippen LogP contribution in [0.2, 0.25) is 0 Å². The second-order valence-corrected chi connectivity index (χ2v) is 5.18. The molecule has 0 aromatic heterocycles. The Kier molecular flexibility index (Phi) is 5.77. The van der Waals surface area contributed by atoms with E-state index >= 15 is 0 Å². The number of carbonyl (C=O) groups is 3. The van der Waals surface area contributed by atoms with Gasteiger partial charge in [-0.15, -0.1) is 0 Å². The van der Waals surface area contributed by atoms with Gasteiger partial charge in [-0.3, -0.25) is 9.59 Å². The van der Waals surface area contributed by atoms with Gasteiger partial charge in [-0.05, 0) is 11.8 Å². The third-order valence-corrected chi connectivity index (χ3v) is 2.41. The normalized spacial score (nSPS) is 14.7. The summed E-state index contributed by atoms with van der Waals surface area (Å²) in [5.74, 6) is -2.86. The smallest absolute Gasteiger partial charge is 0.326 e. The van der Waals surface area contributed by atoms with E-state index in [1.54, 1.807) is 20.8 Å². The van der Waals surface area contributed by atoms with Crippen molar-refractivity contribution in [2.75, 3.05) is 0 Å². The number of nitrogens with one attached hydrogen (secondary N) is 1. The second kappa shape index (κ2) is 6.34. The van der Waals surface area contributed by atoms with Crippen LogP contribution in [0.1, 0.15) is 33.6 Å². The van der Waals surface area contributed by atoms with Crippen LogP contribution >= 0.6 is 0 Å². The summed E-state index contributed by atoms with van der Waals surface area (Å²) in [5, 5.41) is 19.8. The summed E-state index contributed by atoms with van der Waals surface area (Å²) >= 11 is 0. The summed E-state index contributed by atoms with van der Waals surface area (Å²) in [6.07, 6.45) is -0.264. The van der Waals surface area contributed by atoms with Crippen molar-refractivity contribution in [3.8, 4) is 0 Å². The van der Waals surface area contributed by atoms with Gasteiger partial charge in [0.15, 0.2) is 0 Å². The van der Waals surface area contributed by atoms with Gasteiger partial charge in [-0.1, -0.05) is 20.8 Å². The molecule has 1 amide bonds. The molecule has 0 aromatic rings. The topological polar surface area (TPSA) is 130 Å². The first-order valence-corrected chi connectivity index (χ1v) is 5.56. The Hall–Kier alpha value is -1.63. The lowest BCUT2D eigenvalue weighted by Gasteiger charge is -2.28. The first-order chi connectivity index (χ1) is 8.05. The molecule has 0 heterocycles. The predicted octanol–water partition coefficient (Wildman–Crippen LogP) is -0.206. The van der Waals surface area contributed by atoms with Crippen LogP contribution in [-0.4, -0.2) is 40.1 Å². The molecule has 104 valence electrons. The molecule has 0 spiro atoms. The van der Waals surface area contributed by atoms with Gasteiger partial charge >= 0.3 is 11.9 Å². The number of hydrogen-bond acceptors (Lipinski definition) is 4. The van der Waals surface area contributed by atoms with E-state index in [1.807, 2.05) is 0 Å². The van der Waals surface area contributed by atoms with E-state index < -0.39 is 35.3 Å². The molecular formula is C11H20N2O5. The van der Waals surface area contributed by atoms with Gasteiger partial charge < -0.3 is 21.3 Å². The van der Waals surface area contributed by atoms with E-state index in [4.69, 9.17) is 15.9 Å². The number of aliphatic carboxylic acids is 2. The third kappa shape index (κ3) is 5.62. The highest BCUT2D eigenvalue weighted by Gasteiger charge is 2.33. The number of carboxylic acid groups (broad SMARTS) is 2. The lowest BCUT2D eigenvalue weighted by Crippen LogP contribution is -2.53. The zero-order chi connectivity index (χ0) is 14.5. The summed E-state index contributed by atoms with van der Waals surface area (Å²) in [6, 6.07) is -2.09. The highest BCUT2D eigenvalue weighted by molar-refractivity contribution is 5.87. The molecule has 0 radical (unpaired) electrons. The molecule has 7 heteroatoms. The Morgan fingerprint density at radius 1 is 1.22 bits per heavy atom. The number of carbonyl (C=O) groups excluding carboxylic acids is 1. The molecule has 0 aliphatic rings. The average molecular weight is 260 g/mol. The minimum atomic E-state index is -1.15. The SMILES string of the molecule is CC(C)(C)[C@@H](NC(=O)C(N)CCC(=O)O)C(=O)O. The molecular weight excluding hydrogens is 240 g/mol. The van der Waals surface area contributed by atoms with Crippen molar-refractivity contribution in [2.24, 2.45) is 11.1 Å². The zero-order valence-electron chi connectivity index (χ0n) is 10.8. The van der Waals surface area contributed by atoms with Crippen LogP contribution in [-0.2, 0) is 14.4 Å². The minimum absolute atomic E-state index is 0.0301. The Morgan fingerprint density at radius 3 is 2.06 bits per heavy atom. The molecule has 0 aliphatic carbocycles. The Balaban J connectivity index is 4.52. The van der Waals surface area contributed by atoms with Crippen LogP contribution in [0.5, 0.6) is 0 Å². The number of nitrogens with two attached hydrogens (primary N) is 1. The van der Waals surface area contributed by atoms with Crippen molar-refractivity contribution in [1.29, 1.82) is 0 Å². The lowest BCUT2D eigenvalue weighted by atomic mass is 9.86. The Labute approximate surface area is 105 Å². The van der Waals surface area contributed by atoms with Gasteiger partial charge in [-0.25, -0.2) is 4.79 Å². The molecule has 2 atom stereocenters. The molecule has 0 fully saturated rings. The van der Waals surface area contributed by atoms with Gasteiger partial charge in [0.25, 0.3) is 0 Å². The standard InChI is InChI=1S/C11H20N2O5/c1-11(2,3)8(10(17)18)13-9(16)6(12)4-5-7(14)15/h6,8H,4-5,12H2,1-3H3,(H,13,16)(H,14,15)(H,17,18)/t6?,8-/m0/s1. The van der Waals surface area contributed by atoms with E-state index in [-0.39, 0.29) is 12.8 Å². The molecule has 0 saturated heterocycles. The van der Waals surface area contributed by atoms with E-state index in [0.29, 0.717) is 0 Å². The molecule has 18 heavy (non-hydrogen) atoms. The lowest BCUT2D eigenvalue weighted by molar-refractivity contribution is -0.145. The monoisotopic (exact) mass is 260 g/mol. The van der Waals surface area contributed by atoms with Crippen LogP contribution in [0.25, 0.3) is 0 Å². The minimum Gasteiger partial charge on any atom is -0.481 e. The van der Waals surface area contributed by atoms with Crippen molar-refractivity contribution >= 4 is 17.8 Å². The van der Waals surface area contributed by atoms with Crippen LogP contribution in [0.15, 0.2) is 0 Å². The highest BCUT2D eigenvalue weighted by Crippen LogP contribution is 2.19. The van der Waals surface area contributed by atoms with Crippen LogP contribution in [0.3, 0.4) is 0 Å². The molecule has 0 aliphatic heterocycles. The van der Waals surface area contributed by atoms with Gasteiger partial charge in [0.05, 0.1) is 6.04 Å². The van der Waals surface area contributed by atoms with E-state index in [1.165, 1.54) is 0 Å². The predicted molar refractivity (Wildman–Crippen MR) is 63.9 cm³/mol. The Morgan fingerprint density at radius 2 is 1.72 bits per heavy atom. The number of carboxylic acids is 2. The fourth-order valence-corrected chi connectivity index (χ4v) is 1.31. The third-order valence-electron chi connectivity index (χ3n) is 2.41. The summed E-state index contributed by atoms with van der Waals surface area (Å²) in [5.41, 5.74) is 4.83. The van der Waals surface area contributed by atoms with Crippen LogP contribution in [0, 0.1) is 5.41 Å². The molecule has 1 unspecified atom stereocenters. The van der Waals surface area contributed by atoms with Crippen molar-refractivity contribution in [3.63, 3.8) is 0 Å². The molecule has 0 aromatic carbocycles. The van der Waals surface area contributed by atoms with Crippen molar-refractivity contribution in [2.45, 2.75) is 45.7 Å². The maximum atomic E-state index is 11.6. The fourth-order valence-electron chi connectivity index (χ4n) is 1.31. The quantitative estimate of drug-likeness (QED) is 0.523. The number of amides is 1. The molecule has 0 rings (SSSR count). The summed E-state index contributed by atoms with van der Waals surface area (Å²) in [7, 11) is 0. The molecule has 0 bridgehead atoms. The Bertz CT molecular complexity index is 335. The summed E-state index contributed by atoms with van der Waals surface area (Å²) in [4.78, 5) is 33.0. The molecule has 5 N–H and O–H groups in total. The number of hydrogen-bond donors (Lipinski definition) is 4. The maximum Gasteiger partial charge on any atom is 0.326 e. The highest BCUT2D eigenvalue weighted by atomic mass is 16.4. The molecule has 0 saturated carbocycles. The summed E-state index contributed by atoms with van der Waals surface area (Å²) < 4.78 is 0. The van der Waals surface area contributed by atoms with Gasteiger partial charge in [-0.2, -0.15) is 0 Å². The van der Waals surface area contributed by atoms with Crippen molar-refractivity contribution in [1.82, 2.24) is 5.32 Å². The first-order valence-electron chi connectivity index (χ1n) is 5.56. The second-order valence-electron chi connectivity index (χ2n) is 5.18. The van der Waals surface area contributed by atoms with Gasteiger partial charge in [0, 0.05) is 6.42 Å². The zero-order valence-corrected chi connectivity index (χ0v) is 10.8. The van der Waals surface area contributed by atoms with E-state index in [2.05, 4.69) is 5.32 Å². The maximum absolute atomic E-state index is 11.6. The summed E-state index contributed by atoms with van der Waals surface area (Å²) in [6.45, 7) is 5.03. The van der Waals surface area contributed by atoms with Gasteiger partial charge in [0.1, 0.15) is 6.04 Å². The van der Waals surface area contributed by atoms with Crippen LogP contribution < -0.4 is 11.1 Å². The van der Waals surface area contributed by atoms with Crippen LogP contribution in [0.4, 0.5) is 0 Å². The fraction of sp³-hybridized carbons (Fsp3) is 0.727.